The number of nitrogens with zero attached hydrogens (tertiary/aromatic N) is 1. The SMILES string of the molecule is CNCCC=Cc1cc(C=O)c(O)c([N+](=O)[O-])c1. The van der Waals surface area contributed by atoms with E-state index in [1.165, 1.54) is 12.1 Å². The zero-order valence-corrected chi connectivity index (χ0v) is 9.92. The Morgan fingerprint density at radius 2 is 2.22 bits per heavy atom. The van der Waals surface area contributed by atoms with Crippen molar-refractivity contribution in [1.82, 2.24) is 5.32 Å². The van der Waals surface area contributed by atoms with Gasteiger partial charge in [0.15, 0.2) is 6.29 Å². The van der Waals surface area contributed by atoms with Gasteiger partial charge < -0.3 is 10.4 Å². The molecule has 0 aliphatic heterocycles. The number of nitrogens with one attached hydrogen (secondary N) is 1. The topological polar surface area (TPSA) is 92.5 Å². The first-order valence-corrected chi connectivity index (χ1v) is 5.38. The average Bonchev–Trinajstić information content (AvgIpc) is 2.35. The molecule has 0 unspecified atom stereocenters. The lowest BCUT2D eigenvalue weighted by atomic mass is 10.1. The van der Waals surface area contributed by atoms with E-state index in [2.05, 4.69) is 5.32 Å². The number of nitro benzene ring substituents is 1. The molecule has 0 saturated heterocycles. The number of hydrogen-bond acceptors (Lipinski definition) is 5. The molecular formula is C12H14N2O4. The molecule has 0 aliphatic rings. The molecule has 1 rings (SSSR count). The summed E-state index contributed by atoms with van der Waals surface area (Å²) in [5.41, 5.74) is -0.0389. The molecule has 0 fully saturated rings. The number of phenols is 1. The van der Waals surface area contributed by atoms with Gasteiger partial charge in [0.1, 0.15) is 0 Å². The first-order chi connectivity index (χ1) is 8.60. The van der Waals surface area contributed by atoms with Crippen LogP contribution >= 0.6 is 0 Å². The summed E-state index contributed by atoms with van der Waals surface area (Å²) >= 11 is 0. The second-order valence-corrected chi connectivity index (χ2v) is 3.65. The lowest BCUT2D eigenvalue weighted by Crippen LogP contribution is -2.05. The van der Waals surface area contributed by atoms with Gasteiger partial charge in [0, 0.05) is 6.07 Å². The minimum absolute atomic E-state index is 0.0857. The highest BCUT2D eigenvalue weighted by Gasteiger charge is 2.17. The van der Waals surface area contributed by atoms with Crippen LogP contribution < -0.4 is 5.32 Å². The molecule has 18 heavy (non-hydrogen) atoms. The van der Waals surface area contributed by atoms with Crippen LogP contribution in [0.15, 0.2) is 18.2 Å². The molecule has 1 aromatic rings. The smallest absolute Gasteiger partial charge is 0.312 e. The molecule has 0 saturated carbocycles. The van der Waals surface area contributed by atoms with Gasteiger partial charge in [-0.25, -0.2) is 0 Å². The third kappa shape index (κ3) is 3.39. The van der Waals surface area contributed by atoms with Gasteiger partial charge in [-0.3, -0.25) is 14.9 Å². The number of carbonyl (C=O) groups is 1. The fraction of sp³-hybridized carbons (Fsp3) is 0.250. The van der Waals surface area contributed by atoms with Crippen LogP contribution in [-0.2, 0) is 0 Å². The highest BCUT2D eigenvalue weighted by atomic mass is 16.6. The van der Waals surface area contributed by atoms with Crippen molar-refractivity contribution in [2.45, 2.75) is 6.42 Å². The van der Waals surface area contributed by atoms with Crippen LogP contribution in [0.25, 0.3) is 6.08 Å². The number of nitro groups is 1. The maximum Gasteiger partial charge on any atom is 0.312 e. The number of rotatable bonds is 6. The standard InChI is InChI=1S/C12H14N2O4/c1-13-5-3-2-4-9-6-10(8-15)12(16)11(7-9)14(17)18/h2,4,6-8,13,16H,3,5H2,1H3. The van der Waals surface area contributed by atoms with Crippen LogP contribution in [-0.4, -0.2) is 29.9 Å². The first-order valence-electron chi connectivity index (χ1n) is 5.38. The molecule has 1 aromatic carbocycles. The van der Waals surface area contributed by atoms with Crippen molar-refractivity contribution in [3.05, 3.63) is 39.4 Å². The number of aromatic hydroxyl groups is 1. The summed E-state index contributed by atoms with van der Waals surface area (Å²) in [6.45, 7) is 0.789. The van der Waals surface area contributed by atoms with Crippen molar-refractivity contribution < 1.29 is 14.8 Å². The molecule has 0 aliphatic carbocycles. The Kier molecular flexibility index (Phi) is 5.01. The van der Waals surface area contributed by atoms with Crippen LogP contribution in [0.5, 0.6) is 5.75 Å². The average molecular weight is 250 g/mol. The molecule has 0 bridgehead atoms. The lowest BCUT2D eigenvalue weighted by molar-refractivity contribution is -0.385. The van der Waals surface area contributed by atoms with E-state index in [0.29, 0.717) is 11.8 Å². The Morgan fingerprint density at radius 3 is 2.78 bits per heavy atom. The minimum Gasteiger partial charge on any atom is -0.502 e. The normalized spacial score (nSPS) is 10.7. The van der Waals surface area contributed by atoms with Crippen LogP contribution in [0.1, 0.15) is 22.3 Å². The van der Waals surface area contributed by atoms with Crippen LogP contribution in [0, 0.1) is 10.1 Å². The molecular weight excluding hydrogens is 236 g/mol. The maximum atomic E-state index is 10.7. The van der Waals surface area contributed by atoms with Gasteiger partial charge in [-0.1, -0.05) is 12.2 Å². The fourth-order valence-corrected chi connectivity index (χ4v) is 1.44. The van der Waals surface area contributed by atoms with Crippen molar-refractivity contribution in [3.8, 4) is 5.75 Å². The van der Waals surface area contributed by atoms with E-state index in [9.17, 15) is 20.0 Å². The minimum atomic E-state index is -0.715. The zero-order valence-electron chi connectivity index (χ0n) is 9.92. The van der Waals surface area contributed by atoms with Gasteiger partial charge in [-0.2, -0.15) is 0 Å². The summed E-state index contributed by atoms with van der Waals surface area (Å²) in [5.74, 6) is -0.595. The number of hydrogen-bond donors (Lipinski definition) is 2. The van der Waals surface area contributed by atoms with Crippen molar-refractivity contribution in [2.75, 3.05) is 13.6 Å². The predicted molar refractivity (Wildman–Crippen MR) is 67.7 cm³/mol. The summed E-state index contributed by atoms with van der Waals surface area (Å²) in [4.78, 5) is 20.7. The van der Waals surface area contributed by atoms with E-state index in [-0.39, 0.29) is 5.56 Å². The largest absolute Gasteiger partial charge is 0.502 e. The van der Waals surface area contributed by atoms with Crippen LogP contribution in [0.2, 0.25) is 0 Å². The molecule has 6 heteroatoms. The van der Waals surface area contributed by atoms with E-state index in [1.54, 1.807) is 6.08 Å². The summed E-state index contributed by atoms with van der Waals surface area (Å²) < 4.78 is 0. The third-order valence-electron chi connectivity index (χ3n) is 2.34. The molecule has 0 aromatic heterocycles. The fourth-order valence-electron chi connectivity index (χ4n) is 1.44. The third-order valence-corrected chi connectivity index (χ3v) is 2.34. The molecule has 0 amide bonds. The molecule has 0 spiro atoms. The van der Waals surface area contributed by atoms with E-state index < -0.39 is 16.4 Å². The van der Waals surface area contributed by atoms with Crippen molar-refractivity contribution in [1.29, 1.82) is 0 Å². The van der Waals surface area contributed by atoms with E-state index in [1.807, 2.05) is 13.1 Å². The second kappa shape index (κ2) is 6.51. The van der Waals surface area contributed by atoms with Crippen LogP contribution in [0.3, 0.4) is 0 Å². The number of phenolic OH excluding ortho intramolecular Hbond substituents is 1. The Bertz CT molecular complexity index is 483. The lowest BCUT2D eigenvalue weighted by Gasteiger charge is -2.01. The first kappa shape index (κ1) is 13.9. The Balaban J connectivity index is 3.06. The summed E-state index contributed by atoms with van der Waals surface area (Å²) in [6, 6.07) is 2.64. The van der Waals surface area contributed by atoms with Gasteiger partial charge in [-0.15, -0.1) is 0 Å². The van der Waals surface area contributed by atoms with Gasteiger partial charge in [0.25, 0.3) is 0 Å². The summed E-state index contributed by atoms with van der Waals surface area (Å²) in [5, 5.41) is 23.2. The zero-order chi connectivity index (χ0) is 13.5. The monoisotopic (exact) mass is 250 g/mol. The van der Waals surface area contributed by atoms with E-state index in [0.717, 1.165) is 13.0 Å². The number of benzene rings is 1. The highest BCUT2D eigenvalue weighted by Crippen LogP contribution is 2.30. The number of carbonyl (C=O) groups excluding carboxylic acids is 1. The van der Waals surface area contributed by atoms with Gasteiger partial charge in [0.05, 0.1) is 10.5 Å². The second-order valence-electron chi connectivity index (χ2n) is 3.65. The van der Waals surface area contributed by atoms with E-state index in [4.69, 9.17) is 0 Å². The van der Waals surface area contributed by atoms with Gasteiger partial charge in [-0.05, 0) is 31.6 Å². The quantitative estimate of drug-likeness (QED) is 0.347. The predicted octanol–water partition coefficient (Wildman–Crippen LogP) is 1.74. The summed E-state index contributed by atoms with van der Waals surface area (Å²) in [7, 11) is 1.82. The van der Waals surface area contributed by atoms with Crippen LogP contribution in [0.4, 0.5) is 5.69 Å². The molecule has 96 valence electrons. The van der Waals surface area contributed by atoms with Gasteiger partial charge >= 0.3 is 5.69 Å². The Labute approximate surface area is 104 Å². The Morgan fingerprint density at radius 1 is 1.50 bits per heavy atom. The van der Waals surface area contributed by atoms with Crippen molar-refractivity contribution in [2.24, 2.45) is 0 Å². The van der Waals surface area contributed by atoms with Gasteiger partial charge in [0.2, 0.25) is 5.75 Å². The molecule has 0 heterocycles. The molecule has 0 radical (unpaired) electrons. The highest BCUT2D eigenvalue weighted by molar-refractivity contribution is 5.83. The van der Waals surface area contributed by atoms with Crippen molar-refractivity contribution >= 4 is 18.0 Å². The Hall–Kier alpha value is -2.21. The summed E-state index contributed by atoms with van der Waals surface area (Å²) in [6.07, 6.45) is 4.67. The van der Waals surface area contributed by atoms with E-state index >= 15 is 0 Å². The maximum absolute atomic E-state index is 10.7. The molecule has 2 N–H and O–H groups in total. The number of aldehydes is 1. The van der Waals surface area contributed by atoms with Crippen molar-refractivity contribution in [3.63, 3.8) is 0 Å². The molecule has 0 atom stereocenters. The molecule has 6 nitrogen and oxygen atoms in total.